The Labute approximate surface area is 155 Å². The third-order valence-electron chi connectivity index (χ3n) is 7.68. The molecule has 0 radical (unpaired) electrons. The molecule has 5 rings (SSSR count). The van der Waals surface area contributed by atoms with Crippen molar-refractivity contribution in [2.24, 2.45) is 17.3 Å². The van der Waals surface area contributed by atoms with Gasteiger partial charge in [0, 0.05) is 17.4 Å². The van der Waals surface area contributed by atoms with Gasteiger partial charge in [-0.25, -0.2) is 0 Å². The van der Waals surface area contributed by atoms with Gasteiger partial charge in [0.05, 0.1) is 0 Å². The van der Waals surface area contributed by atoms with E-state index < -0.39 is 0 Å². The Morgan fingerprint density at radius 2 is 1.77 bits per heavy atom. The van der Waals surface area contributed by atoms with Crippen LogP contribution in [0.1, 0.15) is 56.1 Å². The van der Waals surface area contributed by atoms with E-state index in [0.717, 1.165) is 37.7 Å². The van der Waals surface area contributed by atoms with Crippen LogP contribution < -0.4 is 0 Å². The van der Waals surface area contributed by atoms with Crippen molar-refractivity contribution in [3.8, 4) is 16.9 Å². The predicted octanol–water partition coefficient (Wildman–Crippen LogP) is 5.48. The van der Waals surface area contributed by atoms with Crippen LogP contribution in [0.4, 0.5) is 0 Å². The number of para-hydroxylation sites is 1. The summed E-state index contributed by atoms with van der Waals surface area (Å²) in [6.45, 7) is 2.23. The summed E-state index contributed by atoms with van der Waals surface area (Å²) >= 11 is 0. The molecule has 2 saturated carbocycles. The molecule has 0 saturated heterocycles. The van der Waals surface area contributed by atoms with Crippen LogP contribution in [0.5, 0.6) is 5.75 Å². The van der Waals surface area contributed by atoms with E-state index in [-0.39, 0.29) is 5.41 Å². The largest absolute Gasteiger partial charge is 0.507 e. The molecule has 4 atom stereocenters. The van der Waals surface area contributed by atoms with Crippen LogP contribution >= 0.6 is 0 Å². The summed E-state index contributed by atoms with van der Waals surface area (Å²) in [7, 11) is 0. The summed E-state index contributed by atoms with van der Waals surface area (Å²) in [5.41, 5.74) is 4.97. The SMILES string of the molecule is C[C@]12CC[C@@H]3c4cccc(-c5ccccc5O)c4CC[C@H]3[C@@H]1CCC2=O. The van der Waals surface area contributed by atoms with Crippen molar-refractivity contribution in [3.05, 3.63) is 53.6 Å². The average molecular weight is 346 g/mol. The normalized spacial score (nSPS) is 32.7. The van der Waals surface area contributed by atoms with E-state index in [0.29, 0.717) is 29.3 Å². The van der Waals surface area contributed by atoms with E-state index in [9.17, 15) is 9.90 Å². The first-order valence-corrected chi connectivity index (χ1v) is 10.0. The molecule has 0 unspecified atom stereocenters. The highest BCUT2D eigenvalue weighted by Gasteiger charge is 2.54. The number of carbonyl (C=O) groups is 1. The number of benzene rings is 2. The molecular formula is C24H26O2. The van der Waals surface area contributed by atoms with Crippen molar-refractivity contribution in [1.82, 2.24) is 0 Å². The van der Waals surface area contributed by atoms with Gasteiger partial charge in [-0.2, -0.15) is 0 Å². The Bertz CT molecular complexity index is 884. The number of carbonyl (C=O) groups excluding carboxylic acids is 1. The first kappa shape index (κ1) is 16.1. The van der Waals surface area contributed by atoms with E-state index in [1.165, 1.54) is 23.1 Å². The Balaban J connectivity index is 1.58. The summed E-state index contributed by atoms with van der Waals surface area (Å²) in [6.07, 6.45) is 6.27. The van der Waals surface area contributed by atoms with Gasteiger partial charge in [-0.1, -0.05) is 43.3 Å². The van der Waals surface area contributed by atoms with E-state index >= 15 is 0 Å². The molecule has 26 heavy (non-hydrogen) atoms. The lowest BCUT2D eigenvalue weighted by Crippen LogP contribution is -2.42. The Hall–Kier alpha value is -2.09. The molecule has 3 aliphatic carbocycles. The lowest BCUT2D eigenvalue weighted by atomic mass is 9.55. The van der Waals surface area contributed by atoms with Gasteiger partial charge in [-0.15, -0.1) is 0 Å². The lowest BCUT2D eigenvalue weighted by molar-refractivity contribution is -0.129. The molecule has 0 aliphatic heterocycles. The molecule has 2 nitrogen and oxygen atoms in total. The highest BCUT2D eigenvalue weighted by atomic mass is 16.3. The smallest absolute Gasteiger partial charge is 0.139 e. The summed E-state index contributed by atoms with van der Waals surface area (Å²) in [5.74, 6) is 2.66. The number of hydrogen-bond donors (Lipinski definition) is 1. The number of phenols is 1. The summed E-state index contributed by atoms with van der Waals surface area (Å²) in [6, 6.07) is 14.3. The van der Waals surface area contributed by atoms with Crippen molar-refractivity contribution in [2.45, 2.75) is 51.4 Å². The van der Waals surface area contributed by atoms with Crippen molar-refractivity contribution >= 4 is 5.78 Å². The molecule has 2 aromatic rings. The monoisotopic (exact) mass is 346 g/mol. The summed E-state index contributed by atoms with van der Waals surface area (Å²) in [4.78, 5) is 12.5. The number of rotatable bonds is 1. The second-order valence-corrected chi connectivity index (χ2v) is 8.72. The zero-order valence-electron chi connectivity index (χ0n) is 15.4. The van der Waals surface area contributed by atoms with Crippen LogP contribution in [0.3, 0.4) is 0 Å². The van der Waals surface area contributed by atoms with Crippen LogP contribution in [-0.2, 0) is 11.2 Å². The molecule has 2 heteroatoms. The van der Waals surface area contributed by atoms with Crippen LogP contribution in [-0.4, -0.2) is 10.9 Å². The van der Waals surface area contributed by atoms with Crippen LogP contribution in [0, 0.1) is 17.3 Å². The van der Waals surface area contributed by atoms with E-state index in [4.69, 9.17) is 0 Å². The Morgan fingerprint density at radius 3 is 2.62 bits per heavy atom. The zero-order valence-corrected chi connectivity index (χ0v) is 15.4. The minimum atomic E-state index is -0.0615. The van der Waals surface area contributed by atoms with Gasteiger partial charge >= 0.3 is 0 Å². The molecule has 3 aliphatic rings. The molecule has 1 N–H and O–H groups in total. The van der Waals surface area contributed by atoms with E-state index in [2.05, 4.69) is 25.1 Å². The van der Waals surface area contributed by atoms with Crippen LogP contribution in [0.25, 0.3) is 11.1 Å². The van der Waals surface area contributed by atoms with E-state index in [1.54, 1.807) is 6.07 Å². The molecule has 0 spiro atoms. The number of phenolic OH excluding ortho intramolecular Hbond substituents is 1. The minimum absolute atomic E-state index is 0.0615. The molecule has 0 aromatic heterocycles. The lowest BCUT2D eigenvalue weighted by Gasteiger charge is -2.48. The summed E-state index contributed by atoms with van der Waals surface area (Å²) < 4.78 is 0. The number of fused-ring (bicyclic) bond motifs is 5. The Morgan fingerprint density at radius 1 is 0.962 bits per heavy atom. The van der Waals surface area contributed by atoms with Crippen LogP contribution in [0.15, 0.2) is 42.5 Å². The maximum absolute atomic E-state index is 12.5. The van der Waals surface area contributed by atoms with Crippen molar-refractivity contribution in [3.63, 3.8) is 0 Å². The zero-order chi connectivity index (χ0) is 17.9. The number of hydrogen-bond acceptors (Lipinski definition) is 2. The second kappa shape index (κ2) is 5.70. The average Bonchev–Trinajstić information content (AvgIpc) is 2.96. The first-order chi connectivity index (χ1) is 12.6. The quantitative estimate of drug-likeness (QED) is 0.742. The van der Waals surface area contributed by atoms with Gasteiger partial charge in [0.1, 0.15) is 11.5 Å². The first-order valence-electron chi connectivity index (χ1n) is 10.0. The third kappa shape index (κ3) is 2.14. The number of Topliss-reactive ketones (excluding diaryl/α,β-unsaturated/α-hetero) is 1. The topological polar surface area (TPSA) is 37.3 Å². The number of ketones is 1. The fourth-order valence-corrected chi connectivity index (χ4v) is 6.34. The molecule has 134 valence electrons. The van der Waals surface area contributed by atoms with Crippen molar-refractivity contribution in [2.75, 3.05) is 0 Å². The molecule has 0 amide bonds. The van der Waals surface area contributed by atoms with Crippen LogP contribution in [0.2, 0.25) is 0 Å². The molecule has 2 fully saturated rings. The Kier molecular flexibility index (Phi) is 3.53. The van der Waals surface area contributed by atoms with Crippen molar-refractivity contribution < 1.29 is 9.90 Å². The maximum atomic E-state index is 12.5. The summed E-state index contributed by atoms with van der Waals surface area (Å²) in [5, 5.41) is 10.3. The fraction of sp³-hybridized carbons (Fsp3) is 0.458. The molecular weight excluding hydrogens is 320 g/mol. The van der Waals surface area contributed by atoms with E-state index in [1.807, 2.05) is 18.2 Å². The van der Waals surface area contributed by atoms with Gasteiger partial charge in [-0.3, -0.25) is 4.79 Å². The standard InChI is InChI=1S/C24H26O2/c1-24-14-13-18-15-6-4-7-16(20-5-2-3-8-22(20)25)17(15)9-10-19(18)21(24)11-12-23(24)26/h2-8,18-19,21,25H,9-14H2,1H3/t18-,19-,21+,24+/m1/s1. The third-order valence-corrected chi connectivity index (χ3v) is 7.68. The van der Waals surface area contributed by atoms with Gasteiger partial charge in [0.15, 0.2) is 0 Å². The van der Waals surface area contributed by atoms with Gasteiger partial charge < -0.3 is 5.11 Å². The fourth-order valence-electron chi connectivity index (χ4n) is 6.34. The minimum Gasteiger partial charge on any atom is -0.507 e. The number of aromatic hydroxyl groups is 1. The molecule has 0 heterocycles. The van der Waals surface area contributed by atoms with Gasteiger partial charge in [0.25, 0.3) is 0 Å². The molecule has 0 bridgehead atoms. The highest BCUT2D eigenvalue weighted by molar-refractivity contribution is 5.87. The van der Waals surface area contributed by atoms with Gasteiger partial charge in [0.2, 0.25) is 0 Å². The maximum Gasteiger partial charge on any atom is 0.139 e. The highest BCUT2D eigenvalue weighted by Crippen LogP contribution is 2.60. The molecule has 2 aromatic carbocycles. The van der Waals surface area contributed by atoms with Crippen molar-refractivity contribution in [1.29, 1.82) is 0 Å². The van der Waals surface area contributed by atoms with Gasteiger partial charge in [-0.05, 0) is 72.6 Å². The predicted molar refractivity (Wildman–Crippen MR) is 103 cm³/mol. The second-order valence-electron chi connectivity index (χ2n) is 8.72.